The van der Waals surface area contributed by atoms with Crippen molar-refractivity contribution in [3.8, 4) is 22.9 Å². The molecule has 0 bridgehead atoms. The highest BCUT2D eigenvalue weighted by atomic mass is 16.5. The summed E-state index contributed by atoms with van der Waals surface area (Å²) in [6.07, 6.45) is 3.83. The number of ether oxygens (including phenoxy) is 2. The maximum absolute atomic E-state index is 12.4. The Morgan fingerprint density at radius 1 is 1.17 bits per heavy atom. The first-order valence-corrected chi connectivity index (χ1v) is 10.1. The van der Waals surface area contributed by atoms with E-state index in [1.165, 1.54) is 6.42 Å². The van der Waals surface area contributed by atoms with Gasteiger partial charge in [-0.1, -0.05) is 0 Å². The Labute approximate surface area is 170 Å². The van der Waals surface area contributed by atoms with Crippen LogP contribution < -0.4 is 15.0 Å². The van der Waals surface area contributed by atoms with E-state index in [0.29, 0.717) is 22.9 Å². The number of rotatable bonds is 7. The summed E-state index contributed by atoms with van der Waals surface area (Å²) >= 11 is 0. The molecule has 0 spiro atoms. The van der Waals surface area contributed by atoms with Crippen molar-refractivity contribution in [2.75, 3.05) is 20.2 Å². The Bertz CT molecular complexity index is 904. The number of nitrogens with zero attached hydrogens (tertiary/aromatic N) is 3. The Hall–Kier alpha value is -2.90. The predicted molar refractivity (Wildman–Crippen MR) is 109 cm³/mol. The number of methoxy groups -OCH3 is 1. The summed E-state index contributed by atoms with van der Waals surface area (Å²) in [5, 5.41) is 8.20. The molecule has 0 unspecified atom stereocenters. The number of carbonyl (C=O) groups is 1. The molecule has 3 rings (SSSR count). The first kappa shape index (κ1) is 20.8. The average molecular weight is 400 g/mol. The van der Waals surface area contributed by atoms with Crippen molar-refractivity contribution in [3.63, 3.8) is 0 Å². The maximum atomic E-state index is 12.4. The summed E-state index contributed by atoms with van der Waals surface area (Å²) in [6, 6.07) is 5.32. The molecule has 1 aliphatic heterocycles. The summed E-state index contributed by atoms with van der Waals surface area (Å²) in [6.45, 7) is 5.48. The normalized spacial score (nSPS) is 14.1. The van der Waals surface area contributed by atoms with Crippen LogP contribution in [0.4, 0.5) is 0 Å². The zero-order chi connectivity index (χ0) is 20.8. The van der Waals surface area contributed by atoms with Gasteiger partial charge in [0, 0.05) is 31.5 Å². The lowest BCUT2D eigenvalue weighted by atomic mass is 10.1. The van der Waals surface area contributed by atoms with Crippen molar-refractivity contribution in [3.05, 3.63) is 34.2 Å². The molecule has 1 aliphatic rings. The number of benzene rings is 1. The highest BCUT2D eigenvalue weighted by Gasteiger charge is 2.18. The van der Waals surface area contributed by atoms with E-state index >= 15 is 0 Å². The smallest absolute Gasteiger partial charge is 0.273 e. The molecule has 29 heavy (non-hydrogen) atoms. The quantitative estimate of drug-likeness (QED) is 0.767. The fourth-order valence-corrected chi connectivity index (χ4v) is 3.35. The largest absolute Gasteiger partial charge is 0.493 e. The number of piperidine rings is 1. The second-order valence-electron chi connectivity index (χ2n) is 7.42. The molecule has 2 aromatic rings. The molecule has 1 N–H and O–H groups in total. The van der Waals surface area contributed by atoms with Crippen LogP contribution in [0.3, 0.4) is 0 Å². The van der Waals surface area contributed by atoms with Crippen molar-refractivity contribution in [2.45, 2.75) is 52.1 Å². The van der Waals surface area contributed by atoms with Gasteiger partial charge >= 0.3 is 0 Å². The molecule has 0 atom stereocenters. The standard InChI is InChI=1S/C21H28N4O4/c1-14(2)29-17-9-7-15(13-18(17)28-3)20-22-21(27)16(23-24-20)8-10-19(26)25-11-5-4-6-12-25/h7,9,13-14H,4-6,8,10-12H2,1-3H3,(H,22,24,27). The van der Waals surface area contributed by atoms with Gasteiger partial charge in [0.2, 0.25) is 5.91 Å². The summed E-state index contributed by atoms with van der Waals surface area (Å²) in [5.41, 5.74) is 0.604. The van der Waals surface area contributed by atoms with Crippen LogP contribution in [0.25, 0.3) is 11.4 Å². The first-order valence-electron chi connectivity index (χ1n) is 10.1. The lowest BCUT2D eigenvalue weighted by molar-refractivity contribution is -0.132. The number of aromatic nitrogens is 3. The SMILES string of the molecule is COc1cc(-c2nnc(CCC(=O)N3CCCCC3)c(=O)[nH]2)ccc1OC(C)C. The molecule has 1 aromatic heterocycles. The van der Waals surface area contributed by atoms with Crippen molar-refractivity contribution in [2.24, 2.45) is 0 Å². The number of aromatic amines is 1. The van der Waals surface area contributed by atoms with Crippen molar-refractivity contribution < 1.29 is 14.3 Å². The minimum absolute atomic E-state index is 0.0151. The minimum atomic E-state index is -0.331. The van der Waals surface area contributed by atoms with Gasteiger partial charge in [-0.05, 0) is 51.3 Å². The molecule has 1 aromatic carbocycles. The Morgan fingerprint density at radius 3 is 2.59 bits per heavy atom. The lowest BCUT2D eigenvalue weighted by Crippen LogP contribution is -2.36. The van der Waals surface area contributed by atoms with Crippen LogP contribution in [0.1, 0.15) is 45.2 Å². The number of nitrogens with one attached hydrogen (secondary N) is 1. The molecule has 0 radical (unpaired) electrons. The highest BCUT2D eigenvalue weighted by Crippen LogP contribution is 2.31. The minimum Gasteiger partial charge on any atom is -0.493 e. The van der Waals surface area contributed by atoms with Crippen molar-refractivity contribution in [1.82, 2.24) is 20.1 Å². The molecule has 1 fully saturated rings. The third kappa shape index (κ3) is 5.34. The molecule has 156 valence electrons. The number of hydrogen-bond donors (Lipinski definition) is 1. The third-order valence-electron chi connectivity index (χ3n) is 4.85. The summed E-state index contributed by atoms with van der Waals surface area (Å²) in [4.78, 5) is 29.3. The number of hydrogen-bond acceptors (Lipinski definition) is 6. The fraction of sp³-hybridized carbons (Fsp3) is 0.524. The van der Waals surface area contributed by atoms with Gasteiger partial charge in [0.25, 0.3) is 5.56 Å². The van der Waals surface area contributed by atoms with E-state index in [9.17, 15) is 9.59 Å². The van der Waals surface area contributed by atoms with E-state index in [1.54, 1.807) is 25.3 Å². The van der Waals surface area contributed by atoms with Gasteiger partial charge < -0.3 is 19.4 Å². The lowest BCUT2D eigenvalue weighted by Gasteiger charge is -2.26. The van der Waals surface area contributed by atoms with E-state index in [1.807, 2.05) is 18.7 Å². The summed E-state index contributed by atoms with van der Waals surface area (Å²) in [7, 11) is 1.56. The van der Waals surface area contributed by atoms with Crippen LogP contribution in [0.15, 0.2) is 23.0 Å². The molecule has 0 aliphatic carbocycles. The molecule has 0 saturated carbocycles. The van der Waals surface area contributed by atoms with Crippen molar-refractivity contribution >= 4 is 5.91 Å². The third-order valence-corrected chi connectivity index (χ3v) is 4.85. The van der Waals surface area contributed by atoms with Crippen LogP contribution in [0.2, 0.25) is 0 Å². The Balaban J connectivity index is 1.70. The average Bonchev–Trinajstić information content (AvgIpc) is 2.73. The van der Waals surface area contributed by atoms with Gasteiger partial charge in [0.15, 0.2) is 17.3 Å². The van der Waals surface area contributed by atoms with Gasteiger partial charge in [-0.2, -0.15) is 0 Å². The van der Waals surface area contributed by atoms with Crippen LogP contribution >= 0.6 is 0 Å². The number of carbonyl (C=O) groups excluding carboxylic acids is 1. The van der Waals surface area contributed by atoms with Crippen LogP contribution in [0, 0.1) is 0 Å². The van der Waals surface area contributed by atoms with E-state index in [0.717, 1.165) is 25.9 Å². The summed E-state index contributed by atoms with van der Waals surface area (Å²) in [5.74, 6) is 1.58. The fourth-order valence-electron chi connectivity index (χ4n) is 3.35. The zero-order valence-electron chi connectivity index (χ0n) is 17.2. The van der Waals surface area contributed by atoms with Crippen molar-refractivity contribution in [1.29, 1.82) is 0 Å². The number of H-pyrrole nitrogens is 1. The van der Waals surface area contributed by atoms with Gasteiger partial charge in [0.1, 0.15) is 5.69 Å². The topological polar surface area (TPSA) is 97.4 Å². The van der Waals surface area contributed by atoms with E-state index in [-0.39, 0.29) is 36.1 Å². The van der Waals surface area contributed by atoms with Gasteiger partial charge in [0.05, 0.1) is 13.2 Å². The number of likely N-dealkylation sites (tertiary alicyclic amines) is 1. The zero-order valence-corrected chi connectivity index (χ0v) is 17.2. The Morgan fingerprint density at radius 2 is 1.93 bits per heavy atom. The molecule has 2 heterocycles. The van der Waals surface area contributed by atoms with E-state index < -0.39 is 0 Å². The molecule has 8 heteroatoms. The Kier molecular flexibility index (Phi) is 6.85. The highest BCUT2D eigenvalue weighted by molar-refractivity contribution is 5.76. The molecule has 8 nitrogen and oxygen atoms in total. The van der Waals surface area contributed by atoms with Crippen LogP contribution in [-0.4, -0.2) is 52.3 Å². The summed E-state index contributed by atoms with van der Waals surface area (Å²) < 4.78 is 11.1. The maximum Gasteiger partial charge on any atom is 0.273 e. The molecule has 1 saturated heterocycles. The van der Waals surface area contributed by atoms with Gasteiger partial charge in [-0.15, -0.1) is 10.2 Å². The van der Waals surface area contributed by atoms with Crippen LogP contribution in [0.5, 0.6) is 11.5 Å². The van der Waals surface area contributed by atoms with Crippen LogP contribution in [-0.2, 0) is 11.2 Å². The second kappa shape index (κ2) is 9.54. The molecule has 1 amide bonds. The van der Waals surface area contributed by atoms with E-state index in [2.05, 4.69) is 15.2 Å². The second-order valence-corrected chi connectivity index (χ2v) is 7.42. The molecular formula is C21H28N4O4. The molecular weight excluding hydrogens is 372 g/mol. The van der Waals surface area contributed by atoms with Gasteiger partial charge in [-0.25, -0.2) is 0 Å². The monoisotopic (exact) mass is 400 g/mol. The van der Waals surface area contributed by atoms with E-state index in [4.69, 9.17) is 9.47 Å². The first-order chi connectivity index (χ1) is 14.0. The number of aryl methyl sites for hydroxylation is 1. The predicted octanol–water partition coefficient (Wildman–Crippen LogP) is 2.57. The van der Waals surface area contributed by atoms with Gasteiger partial charge in [-0.3, -0.25) is 9.59 Å². The number of amides is 1.